The number of aromatic amines is 2. The van der Waals surface area contributed by atoms with Gasteiger partial charge in [-0.25, -0.2) is 4.98 Å². The monoisotopic (exact) mass is 370 g/mol. The summed E-state index contributed by atoms with van der Waals surface area (Å²) in [5.74, 6) is 1.57. The lowest BCUT2D eigenvalue weighted by Gasteiger charge is -2.31. The van der Waals surface area contributed by atoms with E-state index in [0.29, 0.717) is 5.92 Å². The van der Waals surface area contributed by atoms with Gasteiger partial charge in [-0.15, -0.1) is 0 Å². The zero-order valence-electron chi connectivity index (χ0n) is 15.6. The van der Waals surface area contributed by atoms with Crippen LogP contribution in [0.15, 0.2) is 67.0 Å². The maximum atomic E-state index is 12.9. The number of fused-ring (bicyclic) bond motifs is 1. The molecule has 5 rings (SSSR count). The minimum absolute atomic E-state index is 0.112. The summed E-state index contributed by atoms with van der Waals surface area (Å²) in [6.07, 6.45) is 5.56. The van der Waals surface area contributed by atoms with E-state index in [0.717, 1.165) is 54.1 Å². The Morgan fingerprint density at radius 1 is 1.04 bits per heavy atom. The number of hydrogen-bond donors (Lipinski definition) is 2. The minimum atomic E-state index is 0.112. The lowest BCUT2D eigenvalue weighted by atomic mass is 9.95. The first kappa shape index (κ1) is 16.8. The Morgan fingerprint density at radius 2 is 1.82 bits per heavy atom. The van der Waals surface area contributed by atoms with Gasteiger partial charge in [-0.05, 0) is 42.7 Å². The van der Waals surface area contributed by atoms with E-state index in [1.165, 1.54) is 5.39 Å². The number of carbonyl (C=O) groups excluding carboxylic acids is 1. The Balaban J connectivity index is 1.28. The van der Waals surface area contributed by atoms with Gasteiger partial charge in [0.15, 0.2) is 0 Å². The average molecular weight is 370 g/mol. The van der Waals surface area contributed by atoms with E-state index in [-0.39, 0.29) is 5.91 Å². The number of aromatic nitrogens is 3. The van der Waals surface area contributed by atoms with Crippen LogP contribution in [0.1, 0.15) is 34.9 Å². The van der Waals surface area contributed by atoms with Gasteiger partial charge in [0.1, 0.15) is 5.82 Å². The molecule has 0 bridgehead atoms. The fourth-order valence-electron chi connectivity index (χ4n) is 4.06. The quantitative estimate of drug-likeness (QED) is 0.554. The van der Waals surface area contributed by atoms with E-state index in [1.807, 2.05) is 47.5 Å². The molecule has 1 saturated heterocycles. The van der Waals surface area contributed by atoms with Crippen LogP contribution in [0.3, 0.4) is 0 Å². The smallest absolute Gasteiger partial charge is 0.253 e. The lowest BCUT2D eigenvalue weighted by Crippen LogP contribution is -2.38. The topological polar surface area (TPSA) is 64.8 Å². The van der Waals surface area contributed by atoms with Crippen molar-refractivity contribution in [2.24, 2.45) is 0 Å². The van der Waals surface area contributed by atoms with Crippen LogP contribution in [0.4, 0.5) is 0 Å². The van der Waals surface area contributed by atoms with Crippen LogP contribution in [0.5, 0.6) is 0 Å². The Labute approximate surface area is 163 Å². The summed E-state index contributed by atoms with van der Waals surface area (Å²) in [4.78, 5) is 25.8. The fraction of sp³-hybridized carbons (Fsp3) is 0.217. The maximum Gasteiger partial charge on any atom is 0.253 e. The van der Waals surface area contributed by atoms with Crippen molar-refractivity contribution in [3.63, 3.8) is 0 Å². The lowest BCUT2D eigenvalue weighted by molar-refractivity contribution is 0.0711. The highest BCUT2D eigenvalue weighted by molar-refractivity contribution is 5.95. The van der Waals surface area contributed by atoms with Crippen molar-refractivity contribution in [1.29, 1.82) is 0 Å². The predicted molar refractivity (Wildman–Crippen MR) is 110 cm³/mol. The highest BCUT2D eigenvalue weighted by Gasteiger charge is 2.25. The molecule has 0 atom stereocenters. The van der Waals surface area contributed by atoms with E-state index in [2.05, 4.69) is 33.2 Å². The molecule has 5 nitrogen and oxygen atoms in total. The number of H-pyrrole nitrogens is 2. The summed E-state index contributed by atoms with van der Waals surface area (Å²) in [6, 6.07) is 18.3. The average Bonchev–Trinajstić information content (AvgIpc) is 3.43. The number of nitrogens with zero attached hydrogens (tertiary/aromatic N) is 2. The van der Waals surface area contributed by atoms with Crippen molar-refractivity contribution < 1.29 is 4.79 Å². The molecule has 28 heavy (non-hydrogen) atoms. The summed E-state index contributed by atoms with van der Waals surface area (Å²) in [5.41, 5.74) is 4.03. The standard InChI is InChI=1S/C23H22N4O/c28-23(27-13-9-17(10-14-27)22-24-11-12-25-22)18-7-5-16(6-8-18)21-15-19-3-1-2-4-20(19)26-21/h1-8,11-12,15,17,26H,9-10,13-14H2,(H,24,25). The molecule has 0 unspecified atom stereocenters. The van der Waals surface area contributed by atoms with Crippen molar-refractivity contribution in [2.75, 3.05) is 13.1 Å². The highest BCUT2D eigenvalue weighted by Crippen LogP contribution is 2.27. The number of imidazole rings is 1. The number of likely N-dealkylation sites (tertiary alicyclic amines) is 1. The van der Waals surface area contributed by atoms with Crippen LogP contribution in [-0.2, 0) is 0 Å². The molecular weight excluding hydrogens is 348 g/mol. The largest absolute Gasteiger partial charge is 0.355 e. The molecule has 2 N–H and O–H groups in total. The molecule has 0 spiro atoms. The molecule has 3 heterocycles. The van der Waals surface area contributed by atoms with Crippen LogP contribution in [-0.4, -0.2) is 38.8 Å². The third-order valence-corrected chi connectivity index (χ3v) is 5.66. The van der Waals surface area contributed by atoms with Gasteiger partial charge < -0.3 is 14.9 Å². The molecule has 0 saturated carbocycles. The Morgan fingerprint density at radius 3 is 2.54 bits per heavy atom. The van der Waals surface area contributed by atoms with Crippen molar-refractivity contribution in [3.05, 3.63) is 78.4 Å². The van der Waals surface area contributed by atoms with Crippen molar-refractivity contribution >= 4 is 16.8 Å². The van der Waals surface area contributed by atoms with E-state index in [9.17, 15) is 4.79 Å². The third-order valence-electron chi connectivity index (χ3n) is 5.66. The summed E-state index contributed by atoms with van der Waals surface area (Å²) in [7, 11) is 0. The molecule has 140 valence electrons. The first-order chi connectivity index (χ1) is 13.8. The van der Waals surface area contributed by atoms with Crippen LogP contribution < -0.4 is 0 Å². The number of amides is 1. The highest BCUT2D eigenvalue weighted by atomic mass is 16.2. The van der Waals surface area contributed by atoms with Crippen LogP contribution in [0, 0.1) is 0 Å². The van der Waals surface area contributed by atoms with E-state index >= 15 is 0 Å². The second-order valence-electron chi connectivity index (χ2n) is 7.39. The molecular formula is C23H22N4O. The number of piperidine rings is 1. The van der Waals surface area contributed by atoms with Gasteiger partial charge in [-0.1, -0.05) is 30.3 Å². The second kappa shape index (κ2) is 7.00. The molecule has 5 heteroatoms. The number of para-hydroxylation sites is 1. The molecule has 1 fully saturated rings. The summed E-state index contributed by atoms with van der Waals surface area (Å²) in [5, 5.41) is 1.19. The van der Waals surface area contributed by atoms with E-state index in [1.54, 1.807) is 6.20 Å². The van der Waals surface area contributed by atoms with Gasteiger partial charge in [0.2, 0.25) is 0 Å². The number of benzene rings is 2. The van der Waals surface area contributed by atoms with Gasteiger partial charge in [0, 0.05) is 53.6 Å². The Kier molecular flexibility index (Phi) is 4.20. The molecule has 1 aliphatic heterocycles. The van der Waals surface area contributed by atoms with Gasteiger partial charge in [0.25, 0.3) is 5.91 Å². The molecule has 1 aliphatic rings. The number of hydrogen-bond acceptors (Lipinski definition) is 2. The third kappa shape index (κ3) is 3.09. The maximum absolute atomic E-state index is 12.9. The van der Waals surface area contributed by atoms with Crippen LogP contribution in [0.25, 0.3) is 22.2 Å². The van der Waals surface area contributed by atoms with Crippen molar-refractivity contribution in [1.82, 2.24) is 19.9 Å². The zero-order chi connectivity index (χ0) is 18.9. The van der Waals surface area contributed by atoms with Crippen LogP contribution >= 0.6 is 0 Å². The normalized spacial score (nSPS) is 15.2. The molecule has 0 aliphatic carbocycles. The number of carbonyl (C=O) groups is 1. The number of nitrogens with one attached hydrogen (secondary N) is 2. The first-order valence-electron chi connectivity index (χ1n) is 9.75. The summed E-state index contributed by atoms with van der Waals surface area (Å²) >= 11 is 0. The van der Waals surface area contributed by atoms with E-state index in [4.69, 9.17) is 0 Å². The molecule has 2 aromatic carbocycles. The van der Waals surface area contributed by atoms with Crippen molar-refractivity contribution in [3.8, 4) is 11.3 Å². The molecule has 0 radical (unpaired) electrons. The van der Waals surface area contributed by atoms with Gasteiger partial charge >= 0.3 is 0 Å². The Bertz CT molecular complexity index is 1050. The predicted octanol–water partition coefficient (Wildman–Crippen LogP) is 4.58. The molecule has 2 aromatic heterocycles. The molecule has 4 aromatic rings. The Hall–Kier alpha value is -3.34. The SMILES string of the molecule is O=C(c1ccc(-c2cc3ccccc3[nH]2)cc1)N1CCC(c2ncc[nH]2)CC1. The minimum Gasteiger partial charge on any atom is -0.355 e. The van der Waals surface area contributed by atoms with E-state index < -0.39 is 0 Å². The second-order valence-corrected chi connectivity index (χ2v) is 7.39. The van der Waals surface area contributed by atoms with Gasteiger partial charge in [0.05, 0.1) is 0 Å². The summed E-state index contributed by atoms with van der Waals surface area (Å²) < 4.78 is 0. The first-order valence-corrected chi connectivity index (χ1v) is 9.75. The van der Waals surface area contributed by atoms with Crippen molar-refractivity contribution in [2.45, 2.75) is 18.8 Å². The number of rotatable bonds is 3. The molecule has 1 amide bonds. The summed E-state index contributed by atoms with van der Waals surface area (Å²) in [6.45, 7) is 1.54. The van der Waals surface area contributed by atoms with Crippen LogP contribution in [0.2, 0.25) is 0 Å². The van der Waals surface area contributed by atoms with Gasteiger partial charge in [-0.2, -0.15) is 0 Å². The zero-order valence-corrected chi connectivity index (χ0v) is 15.6. The van der Waals surface area contributed by atoms with Gasteiger partial charge in [-0.3, -0.25) is 4.79 Å². The fourth-order valence-corrected chi connectivity index (χ4v) is 4.06.